The van der Waals surface area contributed by atoms with Crippen molar-refractivity contribution in [3.63, 3.8) is 0 Å². The molecule has 0 saturated carbocycles. The van der Waals surface area contributed by atoms with Gasteiger partial charge in [-0.2, -0.15) is 23.5 Å². The largest absolute Gasteiger partial charge is 0.481 e. The van der Waals surface area contributed by atoms with Crippen LogP contribution in [0.3, 0.4) is 0 Å². The fraction of sp³-hybridized carbons (Fsp3) is 0.583. The lowest BCUT2D eigenvalue weighted by molar-refractivity contribution is -0.144. The standard InChI is InChI=1S/C48H71N13O17S2/c1-25-12-32(48(78)61(25)41(26(2)65)47(77)53-15-37(67)56-29(18-62)19-63)57-38(68)16-52-43(73)31(14-40(70)71)58-46(76)35-8-5-11-60(35)39(69)17-54-44(74)34(59-45(75)30(55-24-64)9-10-36(49)66)23-80-21-28-7-4-6-27(13-28)20-79-22-33(51-3)42(50)72/h4,6-7,13,18,24-26,29-35,41,51,63,65H,5,8-12,14-17,19-23H2,1-3H3,(H2,49,66)(H2,50,72)(H,52,73)(H,53,77)(H,54,74)(H,55,64)(H,56,67)(H,57,68)(H,58,76)(H,59,75)(H,70,71)/t25?,26-,29-,30?,31+,32+,33?,34?,35?,41?/m1/s1. The molecule has 2 aliphatic rings. The fourth-order valence-electron chi connectivity index (χ4n) is 8.45. The first kappa shape index (κ1) is 66.9. The maximum Gasteiger partial charge on any atom is 0.305 e. The lowest BCUT2D eigenvalue weighted by Crippen LogP contribution is -2.58. The van der Waals surface area contributed by atoms with E-state index in [-0.39, 0.29) is 57.1 Å². The van der Waals surface area contributed by atoms with E-state index in [4.69, 9.17) is 16.6 Å². The number of amides is 12. The third kappa shape index (κ3) is 21.7. The Balaban J connectivity index is 1.64. The SMILES string of the molecule is CNC(CSCc1cccc(CSCC(NC(=O)C(CCC(N)=O)NC=O)C(=O)NCC(=O)N2CCCC2C(=O)N[C@@H](CC(=O)O)C(=O)NCC(=O)N[C@H]2CC(C)N(C(C(=O)NCC(=O)N[C@H](C=O)CO)[C@@H](C)O)C2=O)c1)C(N)=O. The number of aliphatic carboxylic acids is 1. The fourth-order valence-corrected chi connectivity index (χ4v) is 10.6. The van der Waals surface area contributed by atoms with Gasteiger partial charge in [-0.1, -0.05) is 24.3 Å². The molecule has 6 unspecified atom stereocenters. The molecular formula is C48H71N13O17S2. The second-order valence-corrected chi connectivity index (χ2v) is 20.7. The molecule has 0 spiro atoms. The number of nitrogens with two attached hydrogens (primary N) is 2. The Kier molecular flexibility index (Phi) is 28.3. The predicted molar refractivity (Wildman–Crippen MR) is 286 cm³/mol. The van der Waals surface area contributed by atoms with Crippen LogP contribution in [0.25, 0.3) is 0 Å². The number of aldehydes is 1. The Morgan fingerprint density at radius 3 is 2.00 bits per heavy atom. The Bertz CT molecular complexity index is 2420. The van der Waals surface area contributed by atoms with Crippen molar-refractivity contribution in [1.29, 1.82) is 0 Å². The number of rotatable bonds is 36. The van der Waals surface area contributed by atoms with Crippen molar-refractivity contribution in [1.82, 2.24) is 57.7 Å². The highest BCUT2D eigenvalue weighted by atomic mass is 32.2. The monoisotopic (exact) mass is 1170 g/mol. The molecule has 2 heterocycles. The summed E-state index contributed by atoms with van der Waals surface area (Å²) < 4.78 is 0. The minimum atomic E-state index is -1.78. The Morgan fingerprint density at radius 1 is 0.812 bits per heavy atom. The first-order valence-electron chi connectivity index (χ1n) is 25.2. The zero-order valence-corrected chi connectivity index (χ0v) is 45.9. The number of carboxylic acids is 1. The third-order valence-electron chi connectivity index (χ3n) is 12.5. The van der Waals surface area contributed by atoms with Gasteiger partial charge in [0.15, 0.2) is 0 Å². The summed E-state index contributed by atoms with van der Waals surface area (Å²) in [6.45, 7) is -0.130. The van der Waals surface area contributed by atoms with Gasteiger partial charge in [-0.15, -0.1) is 0 Å². The van der Waals surface area contributed by atoms with E-state index >= 15 is 0 Å². The average molecular weight is 1170 g/mol. The predicted octanol–water partition coefficient (Wildman–Crippen LogP) is -7.08. The number of carboxylic acid groups (broad SMARTS) is 1. The Labute approximate surface area is 468 Å². The van der Waals surface area contributed by atoms with Crippen molar-refractivity contribution in [2.45, 2.75) is 124 Å². The van der Waals surface area contributed by atoms with Crippen LogP contribution in [-0.4, -0.2) is 221 Å². The summed E-state index contributed by atoms with van der Waals surface area (Å²) in [7, 11) is 1.63. The Hall–Kier alpha value is -7.42. The first-order chi connectivity index (χ1) is 37.9. The van der Waals surface area contributed by atoms with E-state index in [1.54, 1.807) is 7.05 Å². The van der Waals surface area contributed by atoms with Gasteiger partial charge in [-0.3, -0.25) is 62.3 Å². The van der Waals surface area contributed by atoms with Crippen LogP contribution in [0.4, 0.5) is 0 Å². The van der Waals surface area contributed by atoms with Gasteiger partial charge in [0.05, 0.1) is 44.8 Å². The number of hydrogen-bond donors (Lipinski definition) is 14. The van der Waals surface area contributed by atoms with Crippen molar-refractivity contribution in [3.05, 3.63) is 35.4 Å². The van der Waals surface area contributed by atoms with E-state index in [0.29, 0.717) is 17.3 Å². The molecule has 10 atom stereocenters. The first-order valence-corrected chi connectivity index (χ1v) is 27.5. The molecule has 442 valence electrons. The summed E-state index contributed by atoms with van der Waals surface area (Å²) in [5.74, 6) is -9.47. The number of benzene rings is 1. The molecule has 0 radical (unpaired) electrons. The summed E-state index contributed by atoms with van der Waals surface area (Å²) in [6.07, 6.45) is -2.11. The van der Waals surface area contributed by atoms with Crippen LogP contribution in [0.5, 0.6) is 0 Å². The molecule has 2 saturated heterocycles. The van der Waals surface area contributed by atoms with Crippen molar-refractivity contribution in [2.75, 3.05) is 51.3 Å². The van der Waals surface area contributed by atoms with Gasteiger partial charge in [-0.05, 0) is 57.7 Å². The zero-order valence-electron chi connectivity index (χ0n) is 44.3. The van der Waals surface area contributed by atoms with E-state index in [9.17, 15) is 77.3 Å². The molecule has 1 aromatic carbocycles. The van der Waals surface area contributed by atoms with Gasteiger partial charge in [0.2, 0.25) is 71.4 Å². The molecule has 12 amide bonds. The van der Waals surface area contributed by atoms with E-state index < -0.39 is 164 Å². The summed E-state index contributed by atoms with van der Waals surface area (Å²) in [4.78, 5) is 179. The van der Waals surface area contributed by atoms with Gasteiger partial charge < -0.3 is 89.2 Å². The number of nitrogens with one attached hydrogen (secondary N) is 9. The lowest BCUT2D eigenvalue weighted by atomic mass is 10.1. The van der Waals surface area contributed by atoms with Crippen molar-refractivity contribution < 1.29 is 82.4 Å². The number of primary amides is 2. The molecule has 2 fully saturated rings. The molecule has 2 aliphatic heterocycles. The highest BCUT2D eigenvalue weighted by Gasteiger charge is 2.46. The van der Waals surface area contributed by atoms with Gasteiger partial charge >= 0.3 is 5.97 Å². The van der Waals surface area contributed by atoms with E-state index in [1.165, 1.54) is 37.4 Å². The minimum Gasteiger partial charge on any atom is -0.481 e. The molecule has 80 heavy (non-hydrogen) atoms. The molecule has 3 rings (SSSR count). The summed E-state index contributed by atoms with van der Waals surface area (Å²) >= 11 is 2.74. The molecule has 32 heteroatoms. The third-order valence-corrected chi connectivity index (χ3v) is 14.7. The van der Waals surface area contributed by atoms with E-state index in [2.05, 4.69) is 47.9 Å². The summed E-state index contributed by atoms with van der Waals surface area (Å²) in [5, 5.41) is 50.7. The van der Waals surface area contributed by atoms with Crippen LogP contribution in [0.2, 0.25) is 0 Å². The van der Waals surface area contributed by atoms with Gasteiger partial charge in [0, 0.05) is 42.0 Å². The maximum absolute atomic E-state index is 13.7. The smallest absolute Gasteiger partial charge is 0.305 e. The average Bonchev–Trinajstić information content (AvgIpc) is 4.11. The van der Waals surface area contributed by atoms with Crippen LogP contribution in [0.1, 0.15) is 63.5 Å². The number of aliphatic hydroxyl groups is 2. The normalized spacial score (nSPS) is 18.4. The molecule has 0 bridgehead atoms. The van der Waals surface area contributed by atoms with Crippen LogP contribution in [0.15, 0.2) is 24.3 Å². The highest BCUT2D eigenvalue weighted by Crippen LogP contribution is 2.24. The molecule has 0 aromatic heterocycles. The van der Waals surface area contributed by atoms with Crippen molar-refractivity contribution in [2.24, 2.45) is 11.5 Å². The number of likely N-dealkylation sites (N-methyl/N-ethyl adjacent to an activating group) is 1. The quantitative estimate of drug-likeness (QED) is 0.0278. The van der Waals surface area contributed by atoms with Gasteiger partial charge in [0.1, 0.15) is 48.6 Å². The van der Waals surface area contributed by atoms with Crippen LogP contribution in [0, 0.1) is 0 Å². The van der Waals surface area contributed by atoms with Crippen LogP contribution >= 0.6 is 23.5 Å². The van der Waals surface area contributed by atoms with Gasteiger partial charge in [0.25, 0.3) is 0 Å². The number of thioether (sulfide) groups is 2. The van der Waals surface area contributed by atoms with Crippen LogP contribution in [-0.2, 0) is 78.6 Å². The minimum absolute atomic E-state index is 0.0144. The molecule has 16 N–H and O–H groups in total. The number of likely N-dealkylation sites (tertiary alicyclic amines) is 2. The zero-order chi connectivity index (χ0) is 59.6. The van der Waals surface area contributed by atoms with Crippen molar-refractivity contribution in [3.8, 4) is 0 Å². The van der Waals surface area contributed by atoms with Crippen molar-refractivity contribution >= 4 is 107 Å². The molecule has 0 aliphatic carbocycles. The highest BCUT2D eigenvalue weighted by molar-refractivity contribution is 7.98. The second kappa shape index (κ2) is 33.9. The Morgan fingerprint density at radius 2 is 1.43 bits per heavy atom. The molecular weight excluding hydrogens is 1090 g/mol. The topological polar surface area (TPSA) is 466 Å². The van der Waals surface area contributed by atoms with E-state index in [0.717, 1.165) is 20.9 Å². The second-order valence-electron chi connectivity index (χ2n) is 18.7. The maximum atomic E-state index is 13.7. The lowest BCUT2D eigenvalue weighted by Gasteiger charge is -2.32. The number of hydrogen-bond acceptors (Lipinski definition) is 19. The van der Waals surface area contributed by atoms with E-state index in [1.807, 2.05) is 24.3 Å². The summed E-state index contributed by atoms with van der Waals surface area (Å²) in [5.41, 5.74) is 12.5. The van der Waals surface area contributed by atoms with Crippen LogP contribution < -0.4 is 59.3 Å². The number of nitrogens with zero attached hydrogens (tertiary/aromatic N) is 2. The molecule has 1 aromatic rings. The van der Waals surface area contributed by atoms with Gasteiger partial charge in [-0.25, -0.2) is 0 Å². The number of aliphatic hydroxyl groups excluding tert-OH is 2. The number of carbonyl (C=O) groups is 14. The number of carbonyl (C=O) groups excluding carboxylic acids is 13. The molecule has 30 nitrogen and oxygen atoms in total. The summed E-state index contributed by atoms with van der Waals surface area (Å²) in [6, 6.07) is -3.38.